The molecule has 16 heteroatoms. The van der Waals surface area contributed by atoms with E-state index in [0.717, 1.165) is 15.6 Å². The molecule has 2 atom stereocenters. The van der Waals surface area contributed by atoms with Gasteiger partial charge in [0.25, 0.3) is 0 Å². The van der Waals surface area contributed by atoms with E-state index in [4.69, 9.17) is 5.73 Å². The van der Waals surface area contributed by atoms with E-state index in [1.165, 1.54) is 28.5 Å². The Morgan fingerprint density at radius 2 is 2.06 bits per heavy atom. The zero-order valence-electron chi connectivity index (χ0n) is 18.0. The fraction of sp³-hybridized carbons (Fsp3) is 0.368. The smallest absolute Gasteiger partial charge is 0.366 e. The van der Waals surface area contributed by atoms with Gasteiger partial charge in [-0.15, -0.1) is 11.3 Å². The number of aryl methyl sites for hydroxylation is 1. The fourth-order valence-corrected chi connectivity index (χ4v) is 5.89. The molecule has 0 aliphatic carbocycles. The zero-order chi connectivity index (χ0) is 25.5. The summed E-state index contributed by atoms with van der Waals surface area (Å²) in [5.74, 6) is -1.07. The lowest BCUT2D eigenvalue weighted by atomic mass is 10.1. The molecular formula is C19H19F4N7O3S2. The van der Waals surface area contributed by atoms with Crippen LogP contribution in [0.5, 0.6) is 0 Å². The molecule has 0 saturated carbocycles. The van der Waals surface area contributed by atoms with Crippen molar-refractivity contribution in [1.82, 2.24) is 24.1 Å². The predicted octanol–water partition coefficient (Wildman–Crippen LogP) is 2.27. The van der Waals surface area contributed by atoms with Crippen molar-refractivity contribution in [3.05, 3.63) is 41.2 Å². The molecule has 1 fully saturated rings. The summed E-state index contributed by atoms with van der Waals surface area (Å²) in [5.41, 5.74) is 3.59. The number of carbonyl (C=O) groups excluding carboxylic acids is 1. The van der Waals surface area contributed by atoms with Gasteiger partial charge in [0.2, 0.25) is 21.9 Å². The van der Waals surface area contributed by atoms with Gasteiger partial charge in [0, 0.05) is 37.9 Å². The van der Waals surface area contributed by atoms with Crippen LogP contribution >= 0.6 is 11.3 Å². The number of nitrogens with one attached hydrogen (secondary N) is 1. The van der Waals surface area contributed by atoms with E-state index < -0.39 is 52.1 Å². The maximum Gasteiger partial charge on any atom is 0.420 e. The Balaban J connectivity index is 1.55. The van der Waals surface area contributed by atoms with Crippen LogP contribution in [0.2, 0.25) is 0 Å². The number of rotatable bonds is 6. The van der Waals surface area contributed by atoms with Gasteiger partial charge >= 0.3 is 6.18 Å². The van der Waals surface area contributed by atoms with Gasteiger partial charge in [0.05, 0.1) is 28.4 Å². The van der Waals surface area contributed by atoms with Crippen LogP contribution in [-0.2, 0) is 23.2 Å². The average Bonchev–Trinajstić information content (AvgIpc) is 3.44. The van der Waals surface area contributed by atoms with Gasteiger partial charge in [0.15, 0.2) is 0 Å². The third kappa shape index (κ3) is 5.13. The van der Waals surface area contributed by atoms with Crippen molar-refractivity contribution >= 4 is 33.2 Å². The first kappa shape index (κ1) is 25.0. The average molecular weight is 534 g/mol. The summed E-state index contributed by atoms with van der Waals surface area (Å²) in [6.45, 7) is -0.495. The number of thiophene rings is 1. The zero-order valence-corrected chi connectivity index (χ0v) is 19.7. The minimum absolute atomic E-state index is 0.0190. The lowest BCUT2D eigenvalue weighted by molar-refractivity contribution is -0.137. The first-order valence-electron chi connectivity index (χ1n) is 10.1. The summed E-state index contributed by atoms with van der Waals surface area (Å²) in [5, 5.41) is 7.80. The SMILES string of the molecule is Cn1cc(S(=O)(=O)N2CC[C@@H](Nc3ncc(C(F)(F)F)c(-c4cc(C(N)=O)cs4)n3)[C@H](F)C2)cn1. The topological polar surface area (TPSA) is 136 Å². The number of anilines is 1. The second-order valence-electron chi connectivity index (χ2n) is 7.79. The molecule has 4 rings (SSSR count). The van der Waals surface area contributed by atoms with Gasteiger partial charge in [-0.1, -0.05) is 0 Å². The maximum atomic E-state index is 14.9. The Morgan fingerprint density at radius 3 is 2.63 bits per heavy atom. The molecule has 0 radical (unpaired) electrons. The number of hydrogen-bond donors (Lipinski definition) is 2. The molecule has 4 heterocycles. The molecule has 10 nitrogen and oxygen atoms in total. The monoisotopic (exact) mass is 533 g/mol. The lowest BCUT2D eigenvalue weighted by Gasteiger charge is -2.34. The molecule has 35 heavy (non-hydrogen) atoms. The lowest BCUT2D eigenvalue weighted by Crippen LogP contribution is -2.50. The summed E-state index contributed by atoms with van der Waals surface area (Å²) < 4.78 is 83.3. The van der Waals surface area contributed by atoms with Crippen LogP contribution in [-0.4, -0.2) is 63.7 Å². The summed E-state index contributed by atoms with van der Waals surface area (Å²) in [6, 6.07) is 0.248. The van der Waals surface area contributed by atoms with E-state index in [2.05, 4.69) is 20.4 Å². The van der Waals surface area contributed by atoms with E-state index in [0.29, 0.717) is 6.20 Å². The predicted molar refractivity (Wildman–Crippen MR) is 118 cm³/mol. The number of alkyl halides is 4. The summed E-state index contributed by atoms with van der Waals surface area (Å²) in [4.78, 5) is 18.9. The highest BCUT2D eigenvalue weighted by atomic mass is 32.2. The number of primary amides is 1. The van der Waals surface area contributed by atoms with Crippen LogP contribution in [0.1, 0.15) is 22.3 Å². The normalized spacial score (nSPS) is 19.6. The highest BCUT2D eigenvalue weighted by Gasteiger charge is 2.38. The summed E-state index contributed by atoms with van der Waals surface area (Å²) >= 11 is 0.846. The summed E-state index contributed by atoms with van der Waals surface area (Å²) in [7, 11) is -2.40. The number of piperidine rings is 1. The van der Waals surface area contributed by atoms with Crippen molar-refractivity contribution in [1.29, 1.82) is 0 Å². The molecular weight excluding hydrogens is 514 g/mol. The van der Waals surface area contributed by atoms with Crippen molar-refractivity contribution in [2.24, 2.45) is 12.8 Å². The van der Waals surface area contributed by atoms with Crippen LogP contribution in [0.3, 0.4) is 0 Å². The number of halogens is 4. The number of nitrogens with zero attached hydrogens (tertiary/aromatic N) is 5. The molecule has 188 valence electrons. The van der Waals surface area contributed by atoms with Crippen LogP contribution < -0.4 is 11.1 Å². The number of sulfonamides is 1. The van der Waals surface area contributed by atoms with Gasteiger partial charge in [-0.3, -0.25) is 9.48 Å². The third-order valence-electron chi connectivity index (χ3n) is 5.35. The van der Waals surface area contributed by atoms with E-state index in [9.17, 15) is 30.8 Å². The molecule has 1 aliphatic heterocycles. The van der Waals surface area contributed by atoms with Crippen LogP contribution in [0, 0.1) is 0 Å². The van der Waals surface area contributed by atoms with Crippen molar-refractivity contribution < 1.29 is 30.8 Å². The molecule has 0 bridgehead atoms. The van der Waals surface area contributed by atoms with Crippen molar-refractivity contribution in [2.45, 2.75) is 29.7 Å². The second kappa shape index (κ2) is 9.16. The molecule has 1 saturated heterocycles. The Morgan fingerprint density at radius 1 is 1.31 bits per heavy atom. The quantitative estimate of drug-likeness (QED) is 0.464. The molecule has 0 aromatic carbocycles. The van der Waals surface area contributed by atoms with E-state index in [-0.39, 0.29) is 34.2 Å². The van der Waals surface area contributed by atoms with Gasteiger partial charge < -0.3 is 11.1 Å². The molecule has 3 N–H and O–H groups in total. The first-order valence-corrected chi connectivity index (χ1v) is 12.4. The van der Waals surface area contributed by atoms with Crippen LogP contribution in [0.15, 0.2) is 34.9 Å². The number of aromatic nitrogens is 4. The van der Waals surface area contributed by atoms with Gasteiger partial charge in [-0.25, -0.2) is 22.8 Å². The minimum atomic E-state index is -4.78. The Labute approximate surface area is 200 Å². The van der Waals surface area contributed by atoms with E-state index in [1.54, 1.807) is 7.05 Å². The molecule has 3 aromatic heterocycles. The van der Waals surface area contributed by atoms with E-state index >= 15 is 0 Å². The van der Waals surface area contributed by atoms with Crippen LogP contribution in [0.4, 0.5) is 23.5 Å². The molecule has 0 spiro atoms. The Kier molecular flexibility index (Phi) is 6.54. The number of hydrogen-bond acceptors (Lipinski definition) is 8. The number of amides is 1. The Hall–Kier alpha value is -3.11. The fourth-order valence-electron chi connectivity index (χ4n) is 3.54. The maximum absolute atomic E-state index is 14.9. The molecule has 3 aromatic rings. The first-order chi connectivity index (χ1) is 16.4. The third-order valence-corrected chi connectivity index (χ3v) is 8.10. The minimum Gasteiger partial charge on any atom is -0.366 e. The largest absolute Gasteiger partial charge is 0.420 e. The highest BCUT2D eigenvalue weighted by molar-refractivity contribution is 7.89. The number of carbonyl (C=O) groups is 1. The van der Waals surface area contributed by atoms with Gasteiger partial charge in [-0.2, -0.15) is 22.6 Å². The van der Waals surface area contributed by atoms with Gasteiger partial charge in [-0.05, 0) is 12.5 Å². The molecule has 0 unspecified atom stereocenters. The second-order valence-corrected chi connectivity index (χ2v) is 10.6. The molecule has 1 aliphatic rings. The standard InChI is InChI=1S/C19H19F4N7O3S2/c1-29-7-11(5-26-29)35(32,33)30-3-2-14(13(20)8-30)27-18-25-6-12(19(21,22)23)16(28-18)15-4-10(9-34-15)17(24)31/h4-7,9,13-14H,2-3,8H2,1H3,(H2,24,31)(H,25,27,28)/t13-,14-/m1/s1. The van der Waals surface area contributed by atoms with Crippen molar-refractivity contribution in [2.75, 3.05) is 18.4 Å². The highest BCUT2D eigenvalue weighted by Crippen LogP contribution is 2.38. The van der Waals surface area contributed by atoms with Crippen molar-refractivity contribution in [3.8, 4) is 10.6 Å². The number of nitrogens with two attached hydrogens (primary N) is 1. The van der Waals surface area contributed by atoms with Crippen molar-refractivity contribution in [3.63, 3.8) is 0 Å². The van der Waals surface area contributed by atoms with Crippen LogP contribution in [0.25, 0.3) is 10.6 Å². The summed E-state index contributed by atoms with van der Waals surface area (Å²) in [6.07, 6.45) is -3.40. The van der Waals surface area contributed by atoms with Gasteiger partial charge in [0.1, 0.15) is 16.6 Å². The molecule has 1 amide bonds. The van der Waals surface area contributed by atoms with E-state index in [1.807, 2.05) is 0 Å². The Bertz CT molecular complexity index is 1360.